The zero-order valence-electron chi connectivity index (χ0n) is 6.80. The molecule has 0 aliphatic carbocycles. The van der Waals surface area contributed by atoms with E-state index in [1.165, 1.54) is 17.9 Å². The topological polar surface area (TPSA) is 34.9 Å². The molecular formula is C7H7F3N2O. The van der Waals surface area contributed by atoms with Crippen molar-refractivity contribution >= 4 is 5.78 Å². The van der Waals surface area contributed by atoms with Crippen molar-refractivity contribution < 1.29 is 18.0 Å². The zero-order valence-corrected chi connectivity index (χ0v) is 6.80. The lowest BCUT2D eigenvalue weighted by atomic mass is 10.2. The minimum absolute atomic E-state index is 0.0141. The third kappa shape index (κ3) is 2.89. The van der Waals surface area contributed by atoms with Crippen LogP contribution in [0.1, 0.15) is 16.8 Å². The van der Waals surface area contributed by atoms with E-state index in [2.05, 4.69) is 5.10 Å². The predicted molar refractivity (Wildman–Crippen MR) is 38.2 cm³/mol. The molecule has 3 nitrogen and oxygen atoms in total. The largest absolute Gasteiger partial charge is 0.396 e. The van der Waals surface area contributed by atoms with Gasteiger partial charge < -0.3 is 0 Å². The SMILES string of the molecule is Cn1cc(C(=O)CC(F)(F)F)cn1. The second-order valence-corrected chi connectivity index (χ2v) is 2.62. The number of aryl methyl sites for hydroxylation is 1. The summed E-state index contributed by atoms with van der Waals surface area (Å²) in [6.07, 6.45) is -3.51. The number of halogens is 3. The maximum Gasteiger partial charge on any atom is 0.396 e. The molecule has 0 aromatic carbocycles. The molecule has 0 saturated carbocycles. The fourth-order valence-electron chi connectivity index (χ4n) is 0.849. The van der Waals surface area contributed by atoms with Crippen molar-refractivity contribution in [3.05, 3.63) is 18.0 Å². The molecule has 0 aliphatic heterocycles. The smallest absolute Gasteiger partial charge is 0.294 e. The number of Topliss-reactive ketones (excluding diaryl/α,β-unsaturated/α-hetero) is 1. The molecule has 0 fully saturated rings. The maximum absolute atomic E-state index is 11.8. The van der Waals surface area contributed by atoms with Crippen molar-refractivity contribution in [3.63, 3.8) is 0 Å². The monoisotopic (exact) mass is 192 g/mol. The molecule has 0 atom stereocenters. The van der Waals surface area contributed by atoms with Gasteiger partial charge in [0.25, 0.3) is 0 Å². The van der Waals surface area contributed by atoms with Crippen molar-refractivity contribution in [2.24, 2.45) is 7.05 Å². The van der Waals surface area contributed by atoms with Gasteiger partial charge in [-0.1, -0.05) is 0 Å². The molecule has 13 heavy (non-hydrogen) atoms. The fraction of sp³-hybridized carbons (Fsp3) is 0.429. The van der Waals surface area contributed by atoms with Crippen LogP contribution in [-0.2, 0) is 7.05 Å². The van der Waals surface area contributed by atoms with E-state index in [-0.39, 0.29) is 5.56 Å². The molecule has 1 aromatic heterocycles. The summed E-state index contributed by atoms with van der Waals surface area (Å²) >= 11 is 0. The van der Waals surface area contributed by atoms with Gasteiger partial charge in [-0.15, -0.1) is 0 Å². The Hall–Kier alpha value is -1.33. The summed E-state index contributed by atoms with van der Waals surface area (Å²) in [5, 5.41) is 3.60. The van der Waals surface area contributed by atoms with Gasteiger partial charge in [-0.25, -0.2) is 0 Å². The van der Waals surface area contributed by atoms with Gasteiger partial charge in [-0.05, 0) is 0 Å². The van der Waals surface area contributed by atoms with Gasteiger partial charge in [0.1, 0.15) is 6.42 Å². The average Bonchev–Trinajstić information content (AvgIpc) is 2.31. The summed E-state index contributed by atoms with van der Waals surface area (Å²) < 4.78 is 36.5. The number of alkyl halides is 3. The number of nitrogens with zero attached hydrogens (tertiary/aromatic N) is 2. The van der Waals surface area contributed by atoms with E-state index in [0.29, 0.717) is 0 Å². The summed E-state index contributed by atoms with van der Waals surface area (Å²) in [6.45, 7) is 0. The van der Waals surface area contributed by atoms with Crippen molar-refractivity contribution in [1.82, 2.24) is 9.78 Å². The average molecular weight is 192 g/mol. The Bertz CT molecular complexity index is 316. The van der Waals surface area contributed by atoms with Crippen LogP contribution in [0.3, 0.4) is 0 Å². The Kier molecular flexibility index (Phi) is 2.40. The maximum atomic E-state index is 11.8. The molecular weight excluding hydrogens is 185 g/mol. The van der Waals surface area contributed by atoms with Crippen molar-refractivity contribution in [3.8, 4) is 0 Å². The van der Waals surface area contributed by atoms with Gasteiger partial charge in [-0.2, -0.15) is 18.3 Å². The first-order chi connectivity index (χ1) is 5.88. The quantitative estimate of drug-likeness (QED) is 0.666. The Balaban J connectivity index is 2.70. The van der Waals surface area contributed by atoms with Crippen molar-refractivity contribution in [1.29, 1.82) is 0 Å². The highest BCUT2D eigenvalue weighted by molar-refractivity contribution is 5.95. The molecule has 0 saturated heterocycles. The number of carbonyl (C=O) groups is 1. The molecule has 0 spiro atoms. The van der Waals surface area contributed by atoms with E-state index < -0.39 is 18.4 Å². The van der Waals surface area contributed by atoms with Gasteiger partial charge in [0.15, 0.2) is 5.78 Å². The van der Waals surface area contributed by atoms with Gasteiger partial charge >= 0.3 is 6.18 Å². The highest BCUT2D eigenvalue weighted by Crippen LogP contribution is 2.21. The Morgan fingerprint density at radius 1 is 1.62 bits per heavy atom. The first-order valence-electron chi connectivity index (χ1n) is 3.47. The van der Waals surface area contributed by atoms with Crippen LogP contribution in [0.25, 0.3) is 0 Å². The van der Waals surface area contributed by atoms with Crippen molar-refractivity contribution in [2.75, 3.05) is 0 Å². The molecule has 0 radical (unpaired) electrons. The summed E-state index contributed by atoms with van der Waals surface area (Å²) in [7, 11) is 1.53. The number of carbonyl (C=O) groups excluding carboxylic acids is 1. The molecule has 0 aliphatic rings. The molecule has 6 heteroatoms. The molecule has 1 aromatic rings. The van der Waals surface area contributed by atoms with E-state index in [1.54, 1.807) is 0 Å². The number of rotatable bonds is 2. The molecule has 0 unspecified atom stereocenters. The fourth-order valence-corrected chi connectivity index (χ4v) is 0.849. The standard InChI is InChI=1S/C7H7F3N2O/c1-12-4-5(3-11-12)6(13)2-7(8,9)10/h3-4H,2H2,1H3. The van der Waals surface area contributed by atoms with E-state index in [0.717, 1.165) is 6.20 Å². The Morgan fingerprint density at radius 3 is 2.62 bits per heavy atom. The van der Waals surface area contributed by atoms with Crippen LogP contribution >= 0.6 is 0 Å². The normalized spacial score (nSPS) is 11.7. The second kappa shape index (κ2) is 3.20. The molecule has 1 rings (SSSR count). The van der Waals surface area contributed by atoms with Crippen LogP contribution in [-0.4, -0.2) is 21.7 Å². The predicted octanol–water partition coefficient (Wildman–Crippen LogP) is 1.56. The van der Waals surface area contributed by atoms with E-state index in [4.69, 9.17) is 0 Å². The molecule has 1 heterocycles. The minimum atomic E-state index is -4.45. The number of ketones is 1. The van der Waals surface area contributed by atoms with Crippen LogP contribution in [0.4, 0.5) is 13.2 Å². The van der Waals surface area contributed by atoms with Gasteiger partial charge in [-0.3, -0.25) is 9.48 Å². The Morgan fingerprint density at radius 2 is 2.23 bits per heavy atom. The van der Waals surface area contributed by atoms with Gasteiger partial charge in [0.05, 0.1) is 11.8 Å². The highest BCUT2D eigenvalue weighted by atomic mass is 19.4. The summed E-state index contributed by atoms with van der Waals surface area (Å²) in [6, 6.07) is 0. The molecule has 72 valence electrons. The van der Waals surface area contributed by atoms with Gasteiger partial charge in [0.2, 0.25) is 0 Å². The van der Waals surface area contributed by atoms with Crippen LogP contribution in [0.2, 0.25) is 0 Å². The number of hydrogen-bond donors (Lipinski definition) is 0. The highest BCUT2D eigenvalue weighted by Gasteiger charge is 2.31. The summed E-state index contributed by atoms with van der Waals surface area (Å²) in [5.74, 6) is -0.958. The lowest BCUT2D eigenvalue weighted by molar-refractivity contribution is -0.125. The van der Waals surface area contributed by atoms with Crippen LogP contribution in [0.15, 0.2) is 12.4 Å². The van der Waals surface area contributed by atoms with Crippen LogP contribution < -0.4 is 0 Å². The van der Waals surface area contributed by atoms with E-state index in [9.17, 15) is 18.0 Å². The lowest BCUT2D eigenvalue weighted by Crippen LogP contribution is -2.14. The molecule has 0 N–H and O–H groups in total. The van der Waals surface area contributed by atoms with Crippen LogP contribution in [0, 0.1) is 0 Å². The first kappa shape index (κ1) is 9.76. The van der Waals surface area contributed by atoms with E-state index >= 15 is 0 Å². The zero-order chi connectivity index (χ0) is 10.1. The van der Waals surface area contributed by atoms with E-state index in [1.807, 2.05) is 0 Å². The first-order valence-corrected chi connectivity index (χ1v) is 3.47. The molecule has 0 amide bonds. The third-order valence-electron chi connectivity index (χ3n) is 1.39. The Labute approximate surface area is 72.2 Å². The van der Waals surface area contributed by atoms with Gasteiger partial charge in [0, 0.05) is 13.2 Å². The third-order valence-corrected chi connectivity index (χ3v) is 1.39. The number of aromatic nitrogens is 2. The summed E-state index contributed by atoms with van der Waals surface area (Å²) in [4.78, 5) is 10.9. The molecule has 0 bridgehead atoms. The summed E-state index contributed by atoms with van der Waals surface area (Å²) in [5.41, 5.74) is -0.0141. The second-order valence-electron chi connectivity index (χ2n) is 2.62. The minimum Gasteiger partial charge on any atom is -0.294 e. The van der Waals surface area contributed by atoms with Crippen molar-refractivity contribution in [2.45, 2.75) is 12.6 Å². The number of hydrogen-bond acceptors (Lipinski definition) is 2. The van der Waals surface area contributed by atoms with Crippen LogP contribution in [0.5, 0.6) is 0 Å². The lowest BCUT2D eigenvalue weighted by Gasteiger charge is -2.02.